The van der Waals surface area contributed by atoms with Gasteiger partial charge in [0.1, 0.15) is 6.10 Å². The van der Waals surface area contributed by atoms with Crippen LogP contribution >= 0.6 is 0 Å². The lowest BCUT2D eigenvalue weighted by molar-refractivity contribution is -0.0201. The fourth-order valence-electron chi connectivity index (χ4n) is 1.66. The molecule has 2 nitrogen and oxygen atoms in total. The van der Waals surface area contributed by atoms with Gasteiger partial charge in [-0.1, -0.05) is 24.3 Å². The van der Waals surface area contributed by atoms with Crippen LogP contribution in [0.2, 0.25) is 0 Å². The fraction of sp³-hybridized carbons (Fsp3) is 0.600. The Balaban J connectivity index is 2.07. The maximum atomic E-state index is 9.60. The highest BCUT2D eigenvalue weighted by Crippen LogP contribution is 2.21. The predicted octanol–water partition coefficient (Wildman–Crippen LogP) is 1.41. The molecule has 2 bridgehead atoms. The highest BCUT2D eigenvalue weighted by molar-refractivity contribution is 5.07. The summed E-state index contributed by atoms with van der Waals surface area (Å²) in [6.45, 7) is 0. The van der Waals surface area contributed by atoms with Gasteiger partial charge in [0.2, 0.25) is 0 Å². The molecule has 0 amide bonds. The Morgan fingerprint density at radius 2 is 2.17 bits per heavy atom. The third kappa shape index (κ3) is 1.59. The second-order valence-corrected chi connectivity index (χ2v) is 3.38. The van der Waals surface area contributed by atoms with E-state index >= 15 is 0 Å². The highest BCUT2D eigenvalue weighted by Gasteiger charge is 2.25. The van der Waals surface area contributed by atoms with Gasteiger partial charge in [-0.25, -0.2) is 0 Å². The van der Waals surface area contributed by atoms with Gasteiger partial charge in [0, 0.05) is 0 Å². The second kappa shape index (κ2) is 3.42. The Hall–Kier alpha value is -0.600. The molecule has 2 heterocycles. The maximum absolute atomic E-state index is 9.60. The fourth-order valence-corrected chi connectivity index (χ4v) is 1.66. The van der Waals surface area contributed by atoms with Crippen molar-refractivity contribution in [2.24, 2.45) is 0 Å². The van der Waals surface area contributed by atoms with Gasteiger partial charge < -0.3 is 9.84 Å². The molecule has 2 rings (SSSR count). The first-order valence-electron chi connectivity index (χ1n) is 4.53. The third-order valence-corrected chi connectivity index (χ3v) is 2.39. The van der Waals surface area contributed by atoms with E-state index in [1.54, 1.807) is 0 Å². The molecule has 2 aliphatic heterocycles. The summed E-state index contributed by atoms with van der Waals surface area (Å²) < 4.78 is 5.59. The SMILES string of the molecule is O[C@H]1C/C=C\CC[C@@H]2C=C[C@H]1O2. The van der Waals surface area contributed by atoms with Crippen molar-refractivity contribution >= 4 is 0 Å². The number of allylic oxidation sites excluding steroid dienone is 1. The minimum Gasteiger partial charge on any atom is -0.390 e. The number of aliphatic hydroxyl groups is 1. The molecule has 2 aliphatic rings. The number of hydrogen-bond donors (Lipinski definition) is 1. The van der Waals surface area contributed by atoms with E-state index in [9.17, 15) is 5.11 Å². The highest BCUT2D eigenvalue weighted by atomic mass is 16.5. The molecule has 0 aromatic carbocycles. The lowest BCUT2D eigenvalue weighted by Gasteiger charge is -2.16. The zero-order valence-corrected chi connectivity index (χ0v) is 7.02. The molecule has 0 aromatic rings. The summed E-state index contributed by atoms with van der Waals surface area (Å²) in [4.78, 5) is 0. The summed E-state index contributed by atoms with van der Waals surface area (Å²) in [5.41, 5.74) is 0. The van der Waals surface area contributed by atoms with E-state index in [2.05, 4.69) is 12.2 Å². The van der Waals surface area contributed by atoms with Crippen LogP contribution in [0.25, 0.3) is 0 Å². The van der Waals surface area contributed by atoms with Crippen LogP contribution in [-0.2, 0) is 4.74 Å². The van der Waals surface area contributed by atoms with Crippen LogP contribution < -0.4 is 0 Å². The topological polar surface area (TPSA) is 29.5 Å². The first kappa shape index (κ1) is 8.02. The number of hydrogen-bond acceptors (Lipinski definition) is 2. The zero-order chi connectivity index (χ0) is 8.39. The normalized spacial score (nSPS) is 43.2. The Morgan fingerprint density at radius 1 is 1.25 bits per heavy atom. The van der Waals surface area contributed by atoms with Crippen LogP contribution in [0.4, 0.5) is 0 Å². The molecular weight excluding hydrogens is 152 g/mol. The van der Waals surface area contributed by atoms with Crippen molar-refractivity contribution in [1.29, 1.82) is 0 Å². The summed E-state index contributed by atoms with van der Waals surface area (Å²) in [6, 6.07) is 0. The van der Waals surface area contributed by atoms with E-state index < -0.39 is 0 Å². The predicted molar refractivity (Wildman–Crippen MR) is 46.8 cm³/mol. The van der Waals surface area contributed by atoms with Crippen LogP contribution in [0.15, 0.2) is 24.3 Å². The van der Waals surface area contributed by atoms with Crippen LogP contribution in [0, 0.1) is 0 Å². The van der Waals surface area contributed by atoms with Crippen molar-refractivity contribution in [1.82, 2.24) is 0 Å². The summed E-state index contributed by atoms with van der Waals surface area (Å²) in [5, 5.41) is 9.60. The van der Waals surface area contributed by atoms with Gasteiger partial charge in [0.25, 0.3) is 0 Å². The van der Waals surface area contributed by atoms with Gasteiger partial charge in [0.15, 0.2) is 0 Å². The van der Waals surface area contributed by atoms with E-state index in [0.717, 1.165) is 12.8 Å². The van der Waals surface area contributed by atoms with Gasteiger partial charge in [-0.15, -0.1) is 0 Å². The van der Waals surface area contributed by atoms with Crippen LogP contribution in [0.5, 0.6) is 0 Å². The minimum atomic E-state index is -0.361. The minimum absolute atomic E-state index is 0.0715. The summed E-state index contributed by atoms with van der Waals surface area (Å²) in [6.07, 6.45) is 10.8. The van der Waals surface area contributed by atoms with Crippen molar-refractivity contribution < 1.29 is 9.84 Å². The third-order valence-electron chi connectivity index (χ3n) is 2.39. The molecule has 0 saturated carbocycles. The first-order chi connectivity index (χ1) is 5.86. The molecule has 0 unspecified atom stereocenters. The van der Waals surface area contributed by atoms with E-state index in [0.29, 0.717) is 6.42 Å². The van der Waals surface area contributed by atoms with Crippen molar-refractivity contribution in [3.05, 3.63) is 24.3 Å². The van der Waals surface area contributed by atoms with Gasteiger partial charge in [0.05, 0.1) is 12.2 Å². The molecule has 2 heteroatoms. The van der Waals surface area contributed by atoms with E-state index in [4.69, 9.17) is 4.74 Å². The molecule has 0 spiro atoms. The van der Waals surface area contributed by atoms with Gasteiger partial charge in [-0.3, -0.25) is 0 Å². The number of rotatable bonds is 0. The van der Waals surface area contributed by atoms with Gasteiger partial charge in [-0.2, -0.15) is 0 Å². The van der Waals surface area contributed by atoms with Crippen LogP contribution in [0.3, 0.4) is 0 Å². The molecule has 0 aliphatic carbocycles. The molecule has 1 N–H and O–H groups in total. The monoisotopic (exact) mass is 166 g/mol. The Bertz CT molecular complexity index is 208. The van der Waals surface area contributed by atoms with Crippen molar-refractivity contribution in [2.75, 3.05) is 0 Å². The summed E-state index contributed by atoms with van der Waals surface area (Å²) in [5.74, 6) is 0. The van der Waals surface area contributed by atoms with Crippen molar-refractivity contribution in [3.8, 4) is 0 Å². The lowest BCUT2D eigenvalue weighted by Crippen LogP contribution is -2.25. The van der Waals surface area contributed by atoms with Crippen LogP contribution in [-0.4, -0.2) is 23.4 Å². The van der Waals surface area contributed by atoms with Gasteiger partial charge in [-0.05, 0) is 19.3 Å². The van der Waals surface area contributed by atoms with Crippen molar-refractivity contribution in [2.45, 2.75) is 37.6 Å². The number of ether oxygens (including phenoxy) is 1. The molecule has 3 atom stereocenters. The Morgan fingerprint density at radius 3 is 3.08 bits per heavy atom. The molecule has 12 heavy (non-hydrogen) atoms. The smallest absolute Gasteiger partial charge is 0.103 e. The Kier molecular flexibility index (Phi) is 2.28. The standard InChI is InChI=1S/C10H14O2/c11-9-5-3-1-2-4-8-6-7-10(9)12-8/h1,3,6-11H,2,4-5H2/b3-1-/t8-,9+,10-/m1/s1. The second-order valence-electron chi connectivity index (χ2n) is 3.38. The van der Waals surface area contributed by atoms with E-state index in [1.165, 1.54) is 0 Å². The van der Waals surface area contributed by atoms with E-state index in [1.807, 2.05) is 12.2 Å². The average molecular weight is 166 g/mol. The molecule has 0 fully saturated rings. The van der Waals surface area contributed by atoms with Crippen molar-refractivity contribution in [3.63, 3.8) is 0 Å². The zero-order valence-electron chi connectivity index (χ0n) is 7.02. The number of aliphatic hydroxyl groups excluding tert-OH is 1. The van der Waals surface area contributed by atoms with Gasteiger partial charge >= 0.3 is 0 Å². The summed E-state index contributed by atoms with van der Waals surface area (Å²) >= 11 is 0. The number of fused-ring (bicyclic) bond motifs is 2. The largest absolute Gasteiger partial charge is 0.390 e. The lowest BCUT2D eigenvalue weighted by atomic mass is 10.1. The quantitative estimate of drug-likeness (QED) is 0.551. The first-order valence-corrected chi connectivity index (χ1v) is 4.53. The molecular formula is C10H14O2. The van der Waals surface area contributed by atoms with E-state index in [-0.39, 0.29) is 18.3 Å². The Labute approximate surface area is 72.5 Å². The van der Waals surface area contributed by atoms with Crippen LogP contribution in [0.1, 0.15) is 19.3 Å². The maximum Gasteiger partial charge on any atom is 0.103 e. The molecule has 0 radical (unpaired) electrons. The average Bonchev–Trinajstić information content (AvgIpc) is 2.53. The molecule has 0 saturated heterocycles. The molecule has 0 aromatic heterocycles. The summed E-state index contributed by atoms with van der Waals surface area (Å²) in [7, 11) is 0. The molecule has 66 valence electrons.